The monoisotopic (exact) mass is 355 g/mol. The first-order valence-corrected chi connectivity index (χ1v) is 7.74. The van der Waals surface area contributed by atoms with E-state index in [2.05, 4.69) is 43.6 Å². The zero-order valence-electron chi connectivity index (χ0n) is 12.2. The number of imidazole rings is 1. The number of nitrogen functional groups attached to an aromatic ring is 1. The lowest BCUT2D eigenvalue weighted by Crippen LogP contribution is -2.19. The Kier molecular flexibility index (Phi) is 4.17. The van der Waals surface area contributed by atoms with Crippen LogP contribution in [0.25, 0.3) is 11.3 Å². The van der Waals surface area contributed by atoms with Crippen molar-refractivity contribution in [2.45, 2.75) is 39.7 Å². The fraction of sp³-hybridized carbons (Fsp3) is 0.400. The summed E-state index contributed by atoms with van der Waals surface area (Å²) in [5.41, 5.74) is 7.83. The van der Waals surface area contributed by atoms with Gasteiger partial charge in [-0.1, -0.05) is 48.3 Å². The molecule has 1 aromatic heterocycles. The predicted molar refractivity (Wildman–Crippen MR) is 89.2 cm³/mol. The third kappa shape index (κ3) is 2.72. The molecule has 0 saturated carbocycles. The second-order valence-electron chi connectivity index (χ2n) is 5.79. The van der Waals surface area contributed by atoms with Crippen molar-refractivity contribution in [3.05, 3.63) is 33.5 Å². The van der Waals surface area contributed by atoms with Gasteiger partial charge >= 0.3 is 0 Å². The van der Waals surface area contributed by atoms with E-state index in [0.29, 0.717) is 10.8 Å². The first kappa shape index (κ1) is 15.4. The summed E-state index contributed by atoms with van der Waals surface area (Å²) in [6.45, 7) is 9.25. The minimum atomic E-state index is -0.0686. The predicted octanol–water partition coefficient (Wildman–Crippen LogP) is 4.87. The van der Waals surface area contributed by atoms with E-state index in [1.54, 1.807) is 0 Å². The molecule has 3 nitrogen and oxygen atoms in total. The van der Waals surface area contributed by atoms with E-state index < -0.39 is 0 Å². The van der Waals surface area contributed by atoms with Crippen LogP contribution in [0.3, 0.4) is 0 Å². The fourth-order valence-electron chi connectivity index (χ4n) is 2.24. The molecule has 0 unspecified atom stereocenters. The lowest BCUT2D eigenvalue weighted by Gasteiger charge is -2.19. The number of nitrogens with two attached hydrogens (primary N) is 1. The van der Waals surface area contributed by atoms with Crippen molar-refractivity contribution in [2.75, 3.05) is 5.73 Å². The summed E-state index contributed by atoms with van der Waals surface area (Å²) in [5, 5.41) is 0.654. The summed E-state index contributed by atoms with van der Waals surface area (Å²) in [7, 11) is 0. The lowest BCUT2D eigenvalue weighted by atomic mass is 9.95. The summed E-state index contributed by atoms with van der Waals surface area (Å²) in [5.74, 6) is 1.64. The largest absolute Gasteiger partial charge is 0.383 e. The highest BCUT2D eigenvalue weighted by Gasteiger charge is 2.25. The SMILES string of the molecule is CCn1c(C(C)(C)C)nc(-c2cc(Br)ccc2Cl)c1N. The van der Waals surface area contributed by atoms with Crippen molar-refractivity contribution in [1.29, 1.82) is 0 Å². The smallest absolute Gasteiger partial charge is 0.131 e. The molecule has 2 N–H and O–H groups in total. The van der Waals surface area contributed by atoms with Crippen molar-refractivity contribution >= 4 is 33.3 Å². The molecule has 5 heteroatoms. The summed E-state index contributed by atoms with van der Waals surface area (Å²) < 4.78 is 3.01. The quantitative estimate of drug-likeness (QED) is 0.834. The molecule has 20 heavy (non-hydrogen) atoms. The zero-order chi connectivity index (χ0) is 15.1. The molecular formula is C15H19BrClN3. The highest BCUT2D eigenvalue weighted by atomic mass is 79.9. The van der Waals surface area contributed by atoms with Crippen LogP contribution in [0, 0.1) is 0 Å². The van der Waals surface area contributed by atoms with Crippen LogP contribution in [-0.2, 0) is 12.0 Å². The van der Waals surface area contributed by atoms with Crippen LogP contribution < -0.4 is 5.73 Å². The second kappa shape index (κ2) is 5.41. The van der Waals surface area contributed by atoms with Crippen molar-refractivity contribution in [3.8, 4) is 11.3 Å². The van der Waals surface area contributed by atoms with Crippen LogP contribution in [0.5, 0.6) is 0 Å². The Hall–Kier alpha value is -1.00. The topological polar surface area (TPSA) is 43.8 Å². The van der Waals surface area contributed by atoms with Crippen LogP contribution in [0.4, 0.5) is 5.82 Å². The van der Waals surface area contributed by atoms with Gasteiger partial charge in [0.15, 0.2) is 0 Å². The summed E-state index contributed by atoms with van der Waals surface area (Å²) in [6, 6.07) is 5.71. The van der Waals surface area contributed by atoms with Gasteiger partial charge in [-0.3, -0.25) is 0 Å². The Morgan fingerprint density at radius 2 is 2.00 bits per heavy atom. The molecule has 1 heterocycles. The molecule has 108 valence electrons. The van der Waals surface area contributed by atoms with Gasteiger partial charge in [0.2, 0.25) is 0 Å². The number of hydrogen-bond acceptors (Lipinski definition) is 2. The van der Waals surface area contributed by atoms with Gasteiger partial charge in [0.25, 0.3) is 0 Å². The van der Waals surface area contributed by atoms with Crippen molar-refractivity contribution in [3.63, 3.8) is 0 Å². The molecular weight excluding hydrogens is 338 g/mol. The first-order valence-electron chi connectivity index (χ1n) is 6.57. The van der Waals surface area contributed by atoms with E-state index in [-0.39, 0.29) is 5.41 Å². The van der Waals surface area contributed by atoms with E-state index in [1.807, 2.05) is 22.8 Å². The molecule has 0 radical (unpaired) electrons. The first-order chi connectivity index (χ1) is 9.25. The molecule has 1 aromatic carbocycles. The van der Waals surface area contributed by atoms with Gasteiger partial charge < -0.3 is 10.3 Å². The van der Waals surface area contributed by atoms with Crippen LogP contribution in [0.2, 0.25) is 5.02 Å². The third-order valence-electron chi connectivity index (χ3n) is 3.18. The molecule has 0 aliphatic heterocycles. The molecule has 0 atom stereocenters. The maximum absolute atomic E-state index is 6.30. The van der Waals surface area contributed by atoms with E-state index in [1.165, 1.54) is 0 Å². The summed E-state index contributed by atoms with van der Waals surface area (Å²) in [4.78, 5) is 4.76. The van der Waals surface area contributed by atoms with Gasteiger partial charge in [0.1, 0.15) is 17.3 Å². The highest BCUT2D eigenvalue weighted by molar-refractivity contribution is 9.10. The Morgan fingerprint density at radius 3 is 2.50 bits per heavy atom. The van der Waals surface area contributed by atoms with Crippen molar-refractivity contribution in [1.82, 2.24) is 9.55 Å². The van der Waals surface area contributed by atoms with Gasteiger partial charge in [0.05, 0.1) is 5.02 Å². The van der Waals surface area contributed by atoms with E-state index in [9.17, 15) is 0 Å². The molecule has 0 fully saturated rings. The van der Waals surface area contributed by atoms with Crippen LogP contribution in [-0.4, -0.2) is 9.55 Å². The average molecular weight is 357 g/mol. The van der Waals surface area contributed by atoms with E-state index >= 15 is 0 Å². The molecule has 2 aromatic rings. The third-order valence-corrected chi connectivity index (χ3v) is 4.00. The molecule has 0 saturated heterocycles. The van der Waals surface area contributed by atoms with Crippen LogP contribution in [0.15, 0.2) is 22.7 Å². The van der Waals surface area contributed by atoms with Gasteiger partial charge in [-0.15, -0.1) is 0 Å². The van der Waals surface area contributed by atoms with Crippen LogP contribution >= 0.6 is 27.5 Å². The van der Waals surface area contributed by atoms with Crippen molar-refractivity contribution in [2.24, 2.45) is 0 Å². The minimum Gasteiger partial charge on any atom is -0.383 e. The Balaban J connectivity index is 2.70. The lowest BCUT2D eigenvalue weighted by molar-refractivity contribution is 0.509. The van der Waals surface area contributed by atoms with Crippen LogP contribution in [0.1, 0.15) is 33.5 Å². The van der Waals surface area contributed by atoms with Gasteiger partial charge in [-0.25, -0.2) is 4.98 Å². The number of hydrogen-bond donors (Lipinski definition) is 1. The summed E-state index contributed by atoms with van der Waals surface area (Å²) in [6.07, 6.45) is 0. The van der Waals surface area contributed by atoms with E-state index in [0.717, 1.165) is 28.1 Å². The van der Waals surface area contributed by atoms with Gasteiger partial charge in [0, 0.05) is 22.0 Å². The fourth-order valence-corrected chi connectivity index (χ4v) is 2.80. The molecule has 0 spiro atoms. The second-order valence-corrected chi connectivity index (χ2v) is 7.11. The average Bonchev–Trinajstić information content (AvgIpc) is 2.69. The van der Waals surface area contributed by atoms with Crippen molar-refractivity contribution < 1.29 is 0 Å². The molecule has 0 aliphatic rings. The maximum atomic E-state index is 6.30. The number of nitrogens with zero attached hydrogens (tertiary/aromatic N) is 2. The Bertz CT molecular complexity index is 641. The summed E-state index contributed by atoms with van der Waals surface area (Å²) >= 11 is 9.76. The number of aromatic nitrogens is 2. The number of halogens is 2. The Morgan fingerprint density at radius 1 is 1.35 bits per heavy atom. The number of rotatable bonds is 2. The molecule has 0 aliphatic carbocycles. The number of anilines is 1. The molecule has 0 bridgehead atoms. The van der Waals surface area contributed by atoms with Gasteiger partial charge in [-0.05, 0) is 25.1 Å². The highest BCUT2D eigenvalue weighted by Crippen LogP contribution is 2.36. The normalized spacial score (nSPS) is 11.9. The van der Waals surface area contributed by atoms with Gasteiger partial charge in [-0.2, -0.15) is 0 Å². The molecule has 2 rings (SSSR count). The van der Waals surface area contributed by atoms with E-state index in [4.69, 9.17) is 22.3 Å². The Labute approximate surface area is 133 Å². The number of benzene rings is 1. The minimum absolute atomic E-state index is 0.0686. The standard InChI is InChI=1S/C15H19BrClN3/c1-5-20-13(18)12(19-14(20)15(2,3)4)10-8-9(16)6-7-11(10)17/h6-8H,5,18H2,1-4H3. The zero-order valence-corrected chi connectivity index (χ0v) is 14.5. The molecule has 0 amide bonds. The maximum Gasteiger partial charge on any atom is 0.131 e.